The van der Waals surface area contributed by atoms with Gasteiger partial charge in [-0.3, -0.25) is 19.4 Å². The van der Waals surface area contributed by atoms with Crippen molar-refractivity contribution in [1.82, 2.24) is 9.80 Å². The molecule has 1 aliphatic rings. The quantitative estimate of drug-likeness (QED) is 0.347. The van der Waals surface area contributed by atoms with Crippen LogP contribution < -0.4 is 0 Å². The van der Waals surface area contributed by atoms with E-state index in [9.17, 15) is 9.59 Å². The van der Waals surface area contributed by atoms with E-state index in [0.29, 0.717) is 31.0 Å². The molecule has 23 heavy (non-hydrogen) atoms. The monoisotopic (exact) mass is 336 g/mol. The average Bonchev–Trinajstić information content (AvgIpc) is 2.53. The van der Waals surface area contributed by atoms with Crippen LogP contribution >= 0.6 is 12.2 Å². The highest BCUT2D eigenvalue weighted by atomic mass is 32.1. The zero-order chi connectivity index (χ0) is 17.5. The summed E-state index contributed by atoms with van der Waals surface area (Å²) in [6.07, 6.45) is 7.55. The number of rotatable bonds is 10. The molecule has 1 heterocycles. The fourth-order valence-electron chi connectivity index (χ4n) is 2.88. The van der Waals surface area contributed by atoms with Gasteiger partial charge in [-0.2, -0.15) is 0 Å². The molecule has 4 nitrogen and oxygen atoms in total. The highest BCUT2D eigenvalue weighted by molar-refractivity contribution is 7.80. The lowest BCUT2D eigenvalue weighted by atomic mass is 9.76. The number of amides is 2. The number of unbranched alkanes of at least 4 members (excludes halogenated alkanes) is 2. The van der Waals surface area contributed by atoms with Gasteiger partial charge in [0.2, 0.25) is 11.8 Å². The Hall–Kier alpha value is -1.49. The van der Waals surface area contributed by atoms with Crippen molar-refractivity contribution in [2.24, 2.45) is 5.41 Å². The lowest BCUT2D eigenvalue weighted by molar-refractivity contribution is -0.156. The molecule has 0 unspecified atom stereocenters. The smallest absolute Gasteiger partial charge is 0.245 e. The summed E-state index contributed by atoms with van der Waals surface area (Å²) in [5.74, 6) is -0.401. The molecule has 1 fully saturated rings. The van der Waals surface area contributed by atoms with Crippen LogP contribution in [0.4, 0.5) is 0 Å². The van der Waals surface area contributed by atoms with Crippen LogP contribution in [0.5, 0.6) is 0 Å². The first-order valence-electron chi connectivity index (χ1n) is 8.39. The first-order chi connectivity index (χ1) is 11.0. The van der Waals surface area contributed by atoms with Crippen LogP contribution in [-0.4, -0.2) is 39.8 Å². The summed E-state index contributed by atoms with van der Waals surface area (Å²) in [7, 11) is 0. The molecule has 5 heteroatoms. The maximum atomic E-state index is 13.1. The molecule has 0 aliphatic carbocycles. The number of hydrogen-bond donors (Lipinski definition) is 0. The number of allylic oxidation sites excluding steroid dienone is 2. The van der Waals surface area contributed by atoms with E-state index in [4.69, 9.17) is 12.2 Å². The van der Waals surface area contributed by atoms with Crippen LogP contribution in [0.25, 0.3) is 0 Å². The molecule has 0 aromatic heterocycles. The molecule has 1 rings (SSSR count). The first kappa shape index (κ1) is 19.6. The maximum absolute atomic E-state index is 13.1. The standard InChI is InChI=1S/C18H28N2O2S/c1-5-9-13-19-15(21)18(11-7-3,12-8-4)16(22)20(17(19)23)14-10-6-2/h7-8H,3-6,9-14H2,1-2H3. The number of thiocarbonyl (C=S) groups is 1. The Morgan fingerprint density at radius 3 is 1.65 bits per heavy atom. The molecule has 2 amide bonds. The Labute approximate surface area is 145 Å². The van der Waals surface area contributed by atoms with Crippen molar-refractivity contribution >= 4 is 29.1 Å². The molecule has 1 saturated heterocycles. The van der Waals surface area contributed by atoms with E-state index in [-0.39, 0.29) is 11.8 Å². The molecule has 0 spiro atoms. The van der Waals surface area contributed by atoms with Crippen molar-refractivity contribution in [3.05, 3.63) is 25.3 Å². The Morgan fingerprint density at radius 1 is 0.957 bits per heavy atom. The van der Waals surface area contributed by atoms with Gasteiger partial charge in [0.05, 0.1) is 0 Å². The average molecular weight is 337 g/mol. The van der Waals surface area contributed by atoms with Crippen molar-refractivity contribution in [2.75, 3.05) is 13.1 Å². The second-order valence-electron chi connectivity index (χ2n) is 5.97. The highest BCUT2D eigenvalue weighted by Crippen LogP contribution is 2.37. The zero-order valence-electron chi connectivity index (χ0n) is 14.3. The van der Waals surface area contributed by atoms with E-state index in [1.54, 1.807) is 22.0 Å². The molecule has 0 aromatic rings. The Balaban J connectivity index is 3.27. The van der Waals surface area contributed by atoms with Gasteiger partial charge in [0.1, 0.15) is 5.41 Å². The normalized spacial score (nSPS) is 17.6. The van der Waals surface area contributed by atoms with Crippen LogP contribution in [0, 0.1) is 5.41 Å². The summed E-state index contributed by atoms with van der Waals surface area (Å²) in [6, 6.07) is 0. The molecule has 0 saturated carbocycles. The Bertz CT molecular complexity index is 445. The van der Waals surface area contributed by atoms with Crippen molar-refractivity contribution < 1.29 is 9.59 Å². The minimum atomic E-state index is -1.13. The number of nitrogens with zero attached hydrogens (tertiary/aromatic N) is 2. The van der Waals surface area contributed by atoms with Crippen LogP contribution in [0.1, 0.15) is 52.4 Å². The predicted molar refractivity (Wildman–Crippen MR) is 97.9 cm³/mol. The first-order valence-corrected chi connectivity index (χ1v) is 8.80. The van der Waals surface area contributed by atoms with Gasteiger partial charge in [-0.1, -0.05) is 38.8 Å². The lowest BCUT2D eigenvalue weighted by Crippen LogP contribution is -2.65. The van der Waals surface area contributed by atoms with E-state index in [0.717, 1.165) is 25.7 Å². The molecule has 128 valence electrons. The predicted octanol–water partition coefficient (Wildman–Crippen LogP) is 3.68. The summed E-state index contributed by atoms with van der Waals surface area (Å²) in [5.41, 5.74) is -1.13. The van der Waals surface area contributed by atoms with Crippen LogP contribution in [0.15, 0.2) is 25.3 Å². The summed E-state index contributed by atoms with van der Waals surface area (Å²) in [6.45, 7) is 12.7. The second kappa shape index (κ2) is 8.96. The largest absolute Gasteiger partial charge is 0.288 e. The van der Waals surface area contributed by atoms with Crippen LogP contribution in [0.2, 0.25) is 0 Å². The second-order valence-corrected chi connectivity index (χ2v) is 6.34. The Morgan fingerprint density at radius 2 is 1.35 bits per heavy atom. The van der Waals surface area contributed by atoms with Gasteiger partial charge in [-0.05, 0) is 37.9 Å². The molecular weight excluding hydrogens is 308 g/mol. The van der Waals surface area contributed by atoms with Gasteiger partial charge in [-0.25, -0.2) is 0 Å². The summed E-state index contributed by atoms with van der Waals surface area (Å²) >= 11 is 5.46. The van der Waals surface area contributed by atoms with Gasteiger partial charge in [0.15, 0.2) is 5.11 Å². The molecule has 0 bridgehead atoms. The van der Waals surface area contributed by atoms with Crippen LogP contribution in [0.3, 0.4) is 0 Å². The minimum Gasteiger partial charge on any atom is -0.288 e. The lowest BCUT2D eigenvalue weighted by Gasteiger charge is -2.45. The van der Waals surface area contributed by atoms with Crippen molar-refractivity contribution in [3.63, 3.8) is 0 Å². The minimum absolute atomic E-state index is 0.200. The van der Waals surface area contributed by atoms with E-state index >= 15 is 0 Å². The molecule has 0 radical (unpaired) electrons. The number of carbonyl (C=O) groups is 2. The SMILES string of the molecule is C=CCC1(CC=C)C(=O)N(CCCC)C(=S)N(CCCC)C1=O. The third kappa shape index (κ3) is 3.89. The Kier molecular flexibility index (Phi) is 7.62. The van der Waals surface area contributed by atoms with E-state index < -0.39 is 5.41 Å². The van der Waals surface area contributed by atoms with Gasteiger partial charge >= 0.3 is 0 Å². The fourth-order valence-corrected chi connectivity index (χ4v) is 3.23. The topological polar surface area (TPSA) is 40.6 Å². The van der Waals surface area contributed by atoms with Crippen molar-refractivity contribution in [1.29, 1.82) is 0 Å². The molecule has 0 N–H and O–H groups in total. The maximum Gasteiger partial charge on any atom is 0.245 e. The number of hydrogen-bond acceptors (Lipinski definition) is 3. The molecule has 0 atom stereocenters. The third-order valence-electron chi connectivity index (χ3n) is 4.23. The summed E-state index contributed by atoms with van der Waals surface area (Å²) in [4.78, 5) is 29.4. The van der Waals surface area contributed by atoms with Gasteiger partial charge < -0.3 is 0 Å². The summed E-state index contributed by atoms with van der Waals surface area (Å²) < 4.78 is 0. The third-order valence-corrected chi connectivity index (χ3v) is 4.67. The number of carbonyl (C=O) groups excluding carboxylic acids is 2. The van der Waals surface area contributed by atoms with Crippen molar-refractivity contribution in [3.8, 4) is 0 Å². The van der Waals surface area contributed by atoms with Gasteiger partial charge in [-0.15, -0.1) is 13.2 Å². The molecule has 1 aliphatic heterocycles. The summed E-state index contributed by atoms with van der Waals surface area (Å²) in [5, 5.41) is 0.352. The van der Waals surface area contributed by atoms with Crippen LogP contribution in [-0.2, 0) is 9.59 Å². The molecular formula is C18H28N2O2S. The van der Waals surface area contributed by atoms with E-state index in [1.165, 1.54) is 0 Å². The fraction of sp³-hybridized carbons (Fsp3) is 0.611. The van der Waals surface area contributed by atoms with Crippen molar-refractivity contribution in [2.45, 2.75) is 52.4 Å². The van der Waals surface area contributed by atoms with Gasteiger partial charge in [0.25, 0.3) is 0 Å². The zero-order valence-corrected chi connectivity index (χ0v) is 15.2. The highest BCUT2D eigenvalue weighted by Gasteiger charge is 2.53. The van der Waals surface area contributed by atoms with Gasteiger partial charge in [0, 0.05) is 13.1 Å². The molecule has 0 aromatic carbocycles. The van der Waals surface area contributed by atoms with E-state index in [1.807, 2.05) is 0 Å². The van der Waals surface area contributed by atoms with E-state index in [2.05, 4.69) is 27.0 Å².